The normalized spacial score (nSPS) is 15.8. The number of furan rings is 1. The number of nitrogens with one attached hydrogen (secondary N) is 1. The molecule has 0 spiro atoms. The molecule has 2 aromatic heterocycles. The minimum atomic E-state index is -0.269. The molecule has 0 bridgehead atoms. The molecule has 0 saturated carbocycles. The maximum Gasteiger partial charge on any atom is 0.242 e. The number of hydrogen-bond donors (Lipinski definition) is 1. The number of carbonyl (C=O) groups excluding carboxylic acids is 1. The van der Waals surface area contributed by atoms with Gasteiger partial charge in [-0.2, -0.15) is 0 Å². The molecular weight excluding hydrogens is 477 g/mol. The Morgan fingerprint density at radius 3 is 2.55 bits per heavy atom. The Morgan fingerprint density at radius 1 is 0.974 bits per heavy atom. The largest absolute Gasteiger partial charge is 0.464 e. The Bertz CT molecular complexity index is 1570. The van der Waals surface area contributed by atoms with Crippen LogP contribution in [0.3, 0.4) is 0 Å². The first-order valence-corrected chi connectivity index (χ1v) is 13.1. The fraction of sp³-hybridized carbons (Fsp3) is 0.219. The van der Waals surface area contributed by atoms with Crippen LogP contribution in [0.2, 0.25) is 0 Å². The van der Waals surface area contributed by atoms with Crippen molar-refractivity contribution in [1.82, 2.24) is 9.47 Å². The molecule has 0 aliphatic carbocycles. The number of aromatic nitrogens is 1. The van der Waals surface area contributed by atoms with Crippen molar-refractivity contribution in [1.29, 1.82) is 0 Å². The molecule has 6 heteroatoms. The van der Waals surface area contributed by atoms with Gasteiger partial charge in [-0.25, -0.2) is 4.39 Å². The molecule has 6 rings (SSSR count). The SMILES string of the molecule is Cc1cn(Cc2ccc(F)cc2)c(NC(=O)C2CCCN2Cc2ccc3ccccc3c2)c1-c1ccco1. The average molecular weight is 508 g/mol. The summed E-state index contributed by atoms with van der Waals surface area (Å²) in [7, 11) is 0. The van der Waals surface area contributed by atoms with E-state index >= 15 is 0 Å². The molecule has 5 nitrogen and oxygen atoms in total. The Labute approximate surface area is 221 Å². The summed E-state index contributed by atoms with van der Waals surface area (Å²) in [6.07, 6.45) is 5.44. The number of benzene rings is 3. The van der Waals surface area contributed by atoms with E-state index in [-0.39, 0.29) is 17.8 Å². The van der Waals surface area contributed by atoms with Gasteiger partial charge >= 0.3 is 0 Å². The lowest BCUT2D eigenvalue weighted by atomic mass is 10.1. The number of hydrogen-bond acceptors (Lipinski definition) is 3. The van der Waals surface area contributed by atoms with Gasteiger partial charge in [0.25, 0.3) is 0 Å². The highest BCUT2D eigenvalue weighted by atomic mass is 19.1. The van der Waals surface area contributed by atoms with Gasteiger partial charge in [0.1, 0.15) is 17.4 Å². The van der Waals surface area contributed by atoms with Crippen LogP contribution in [-0.2, 0) is 17.9 Å². The molecule has 1 aliphatic heterocycles. The summed E-state index contributed by atoms with van der Waals surface area (Å²) < 4.78 is 21.2. The third-order valence-corrected chi connectivity index (χ3v) is 7.41. The van der Waals surface area contributed by atoms with Gasteiger partial charge in [-0.05, 0) is 84.1 Å². The third-order valence-electron chi connectivity index (χ3n) is 7.41. The van der Waals surface area contributed by atoms with Gasteiger partial charge in [-0.1, -0.05) is 48.5 Å². The molecule has 1 saturated heterocycles. The monoisotopic (exact) mass is 507 g/mol. The molecule has 1 fully saturated rings. The lowest BCUT2D eigenvalue weighted by molar-refractivity contribution is -0.120. The number of carbonyl (C=O) groups is 1. The molecule has 1 aliphatic rings. The first-order chi connectivity index (χ1) is 18.5. The van der Waals surface area contributed by atoms with Gasteiger partial charge in [0.05, 0.1) is 17.9 Å². The fourth-order valence-electron chi connectivity index (χ4n) is 5.55. The van der Waals surface area contributed by atoms with Crippen LogP contribution in [0.5, 0.6) is 0 Å². The van der Waals surface area contributed by atoms with E-state index in [9.17, 15) is 9.18 Å². The van der Waals surface area contributed by atoms with E-state index in [1.165, 1.54) is 28.5 Å². The second kappa shape index (κ2) is 10.3. The molecule has 38 heavy (non-hydrogen) atoms. The van der Waals surface area contributed by atoms with E-state index in [2.05, 4.69) is 46.6 Å². The van der Waals surface area contributed by atoms with Crippen LogP contribution in [0.4, 0.5) is 10.2 Å². The highest BCUT2D eigenvalue weighted by molar-refractivity contribution is 5.98. The van der Waals surface area contributed by atoms with Gasteiger partial charge in [0, 0.05) is 19.3 Å². The standard InChI is InChI=1S/C32H30FN3O2/c1-22-19-36(20-23-11-14-27(33)15-12-23)31(30(22)29-9-5-17-38-29)34-32(37)28-8-4-16-35(28)21-24-10-13-25-6-2-3-7-26(25)18-24/h2-3,5-7,9-15,17-19,28H,4,8,16,20-21H2,1H3,(H,34,37). The predicted molar refractivity (Wildman–Crippen MR) is 148 cm³/mol. The molecule has 192 valence electrons. The molecule has 0 radical (unpaired) electrons. The topological polar surface area (TPSA) is 50.4 Å². The predicted octanol–water partition coefficient (Wildman–Crippen LogP) is 7.00. The van der Waals surface area contributed by atoms with Crippen molar-refractivity contribution in [2.24, 2.45) is 0 Å². The van der Waals surface area contributed by atoms with Crippen LogP contribution in [0, 0.1) is 12.7 Å². The molecule has 1 atom stereocenters. The number of fused-ring (bicyclic) bond motifs is 1. The number of aryl methyl sites for hydroxylation is 1. The lowest BCUT2D eigenvalue weighted by Crippen LogP contribution is -2.39. The fourth-order valence-corrected chi connectivity index (χ4v) is 5.55. The summed E-state index contributed by atoms with van der Waals surface area (Å²) in [5.74, 6) is 1.11. The summed E-state index contributed by atoms with van der Waals surface area (Å²) in [5, 5.41) is 5.68. The Balaban J connectivity index is 1.27. The van der Waals surface area contributed by atoms with Crippen molar-refractivity contribution in [3.8, 4) is 11.3 Å². The van der Waals surface area contributed by atoms with Gasteiger partial charge in [0.2, 0.25) is 5.91 Å². The smallest absolute Gasteiger partial charge is 0.242 e. The number of rotatable bonds is 7. The van der Waals surface area contributed by atoms with Crippen molar-refractivity contribution in [2.75, 3.05) is 11.9 Å². The molecular formula is C32H30FN3O2. The van der Waals surface area contributed by atoms with E-state index in [0.29, 0.717) is 18.1 Å². The van der Waals surface area contributed by atoms with Crippen LogP contribution in [0.15, 0.2) is 95.7 Å². The van der Waals surface area contributed by atoms with Crippen molar-refractivity contribution in [2.45, 2.75) is 38.9 Å². The summed E-state index contributed by atoms with van der Waals surface area (Å²) in [4.78, 5) is 16.0. The van der Waals surface area contributed by atoms with Crippen LogP contribution in [0.25, 0.3) is 22.1 Å². The molecule has 1 N–H and O–H groups in total. The van der Waals surface area contributed by atoms with Crippen LogP contribution >= 0.6 is 0 Å². The number of nitrogens with zero attached hydrogens (tertiary/aromatic N) is 2. The maximum atomic E-state index is 13.8. The van der Waals surface area contributed by atoms with E-state index < -0.39 is 0 Å². The zero-order chi connectivity index (χ0) is 26.1. The molecule has 3 aromatic carbocycles. The second-order valence-electron chi connectivity index (χ2n) is 10.1. The quantitative estimate of drug-likeness (QED) is 0.258. The Morgan fingerprint density at radius 2 is 1.76 bits per heavy atom. The summed E-state index contributed by atoms with van der Waals surface area (Å²) in [6, 6.07) is 24.9. The van der Waals surface area contributed by atoms with E-state index in [4.69, 9.17) is 4.42 Å². The van der Waals surface area contributed by atoms with E-state index in [1.807, 2.05) is 35.9 Å². The third kappa shape index (κ3) is 4.87. The zero-order valence-electron chi connectivity index (χ0n) is 21.4. The molecule has 5 aromatic rings. The molecule has 1 amide bonds. The number of anilines is 1. The van der Waals surface area contributed by atoms with Crippen LogP contribution < -0.4 is 5.32 Å². The zero-order valence-corrected chi connectivity index (χ0v) is 21.4. The molecule has 1 unspecified atom stereocenters. The summed E-state index contributed by atoms with van der Waals surface area (Å²) >= 11 is 0. The minimum Gasteiger partial charge on any atom is -0.464 e. The minimum absolute atomic E-state index is 0.0189. The van der Waals surface area contributed by atoms with Gasteiger partial charge < -0.3 is 14.3 Å². The number of amides is 1. The lowest BCUT2D eigenvalue weighted by Gasteiger charge is -2.24. The van der Waals surface area contributed by atoms with Gasteiger partial charge in [0.15, 0.2) is 0 Å². The van der Waals surface area contributed by atoms with Crippen molar-refractivity contribution in [3.63, 3.8) is 0 Å². The van der Waals surface area contributed by atoms with Crippen molar-refractivity contribution in [3.05, 3.63) is 114 Å². The Hall–Kier alpha value is -4.16. The highest BCUT2D eigenvalue weighted by Gasteiger charge is 2.32. The van der Waals surface area contributed by atoms with Crippen LogP contribution in [-0.4, -0.2) is 28.0 Å². The van der Waals surface area contributed by atoms with Crippen molar-refractivity contribution >= 4 is 22.5 Å². The van der Waals surface area contributed by atoms with Crippen LogP contribution in [0.1, 0.15) is 29.5 Å². The maximum absolute atomic E-state index is 13.8. The summed E-state index contributed by atoms with van der Waals surface area (Å²) in [6.45, 7) is 4.12. The van der Waals surface area contributed by atoms with E-state index in [1.54, 1.807) is 18.4 Å². The first-order valence-electron chi connectivity index (χ1n) is 13.1. The average Bonchev–Trinajstić information content (AvgIpc) is 3.67. The highest BCUT2D eigenvalue weighted by Crippen LogP contribution is 2.35. The first kappa shape index (κ1) is 24.2. The van der Waals surface area contributed by atoms with Gasteiger partial charge in [-0.15, -0.1) is 0 Å². The van der Waals surface area contributed by atoms with E-state index in [0.717, 1.165) is 42.6 Å². The summed E-state index contributed by atoms with van der Waals surface area (Å²) in [5.41, 5.74) is 4.01. The Kier molecular flexibility index (Phi) is 6.56. The molecule has 3 heterocycles. The second-order valence-corrected chi connectivity index (χ2v) is 10.1. The van der Waals surface area contributed by atoms with Gasteiger partial charge in [-0.3, -0.25) is 9.69 Å². The number of halogens is 1. The van der Waals surface area contributed by atoms with Crippen molar-refractivity contribution < 1.29 is 13.6 Å². The number of likely N-dealkylation sites (tertiary alicyclic amines) is 1.